The van der Waals surface area contributed by atoms with Crippen LogP contribution in [0.5, 0.6) is 11.5 Å². The van der Waals surface area contributed by atoms with Gasteiger partial charge in [-0.05, 0) is 46.6 Å². The Morgan fingerprint density at radius 3 is 2.09 bits per heavy atom. The number of hydrogen-bond acceptors (Lipinski definition) is 2. The number of nitrogens with zero attached hydrogens (tertiary/aromatic N) is 1. The molecule has 3 rings (SSSR count). The molecule has 1 aliphatic carbocycles. The van der Waals surface area contributed by atoms with Crippen molar-refractivity contribution in [2.24, 2.45) is 16.7 Å². The molecule has 0 aliphatic heterocycles. The molecular weight excluding hydrogens is 282 g/mol. The highest BCUT2D eigenvalue weighted by atomic mass is 16.5. The van der Waals surface area contributed by atoms with E-state index in [9.17, 15) is 5.26 Å². The van der Waals surface area contributed by atoms with Crippen molar-refractivity contribution in [1.29, 1.82) is 5.26 Å². The molecule has 1 fully saturated rings. The molecule has 1 saturated carbocycles. The molecule has 0 aromatic heterocycles. The van der Waals surface area contributed by atoms with Gasteiger partial charge in [-0.25, -0.2) is 0 Å². The number of benzene rings is 2. The van der Waals surface area contributed by atoms with Crippen LogP contribution >= 0.6 is 0 Å². The number of para-hydroxylation sites is 1. The van der Waals surface area contributed by atoms with Crippen molar-refractivity contribution in [3.05, 3.63) is 60.2 Å². The average molecular weight is 305 g/mol. The molecule has 0 saturated heterocycles. The zero-order chi connectivity index (χ0) is 16.7. The van der Waals surface area contributed by atoms with Crippen LogP contribution in [0, 0.1) is 28.1 Å². The SMILES string of the molecule is CC1(C)C(C(C#N)c2cccc(Oc3ccccc3)c2)C1(C)C. The molecule has 0 spiro atoms. The van der Waals surface area contributed by atoms with Gasteiger partial charge in [0.2, 0.25) is 0 Å². The van der Waals surface area contributed by atoms with Crippen LogP contribution in [-0.4, -0.2) is 0 Å². The standard InChI is InChI=1S/C21H23NO/c1-20(2)19(21(20,3)4)18(14-22)15-9-8-12-17(13-15)23-16-10-6-5-7-11-16/h5-13,18-19H,1-4H3. The summed E-state index contributed by atoms with van der Waals surface area (Å²) in [6.07, 6.45) is 0. The number of rotatable bonds is 4. The van der Waals surface area contributed by atoms with Crippen LogP contribution < -0.4 is 4.74 Å². The second kappa shape index (κ2) is 5.42. The van der Waals surface area contributed by atoms with Crippen molar-refractivity contribution < 1.29 is 4.74 Å². The average Bonchev–Trinajstić information content (AvgIpc) is 2.92. The molecule has 0 amide bonds. The van der Waals surface area contributed by atoms with Crippen molar-refractivity contribution in [1.82, 2.24) is 0 Å². The van der Waals surface area contributed by atoms with E-state index in [1.54, 1.807) is 0 Å². The van der Waals surface area contributed by atoms with E-state index in [-0.39, 0.29) is 16.7 Å². The number of nitriles is 1. The van der Waals surface area contributed by atoms with Crippen LogP contribution in [0.25, 0.3) is 0 Å². The second-order valence-corrected chi connectivity index (χ2v) is 7.52. The van der Waals surface area contributed by atoms with E-state index in [1.807, 2.05) is 54.6 Å². The van der Waals surface area contributed by atoms with Crippen molar-refractivity contribution in [2.75, 3.05) is 0 Å². The lowest BCUT2D eigenvalue weighted by Crippen LogP contribution is -2.04. The summed E-state index contributed by atoms with van der Waals surface area (Å²) < 4.78 is 5.91. The van der Waals surface area contributed by atoms with Crippen LogP contribution in [0.1, 0.15) is 39.2 Å². The zero-order valence-electron chi connectivity index (χ0n) is 14.2. The van der Waals surface area contributed by atoms with Crippen molar-refractivity contribution >= 4 is 0 Å². The lowest BCUT2D eigenvalue weighted by Gasteiger charge is -2.13. The molecule has 23 heavy (non-hydrogen) atoms. The first-order valence-corrected chi connectivity index (χ1v) is 8.10. The van der Waals surface area contributed by atoms with E-state index < -0.39 is 0 Å². The topological polar surface area (TPSA) is 33.0 Å². The Kier molecular flexibility index (Phi) is 3.68. The lowest BCUT2D eigenvalue weighted by atomic mass is 9.90. The fourth-order valence-electron chi connectivity index (χ4n) is 3.82. The molecule has 0 radical (unpaired) electrons. The predicted molar refractivity (Wildman–Crippen MR) is 92.4 cm³/mol. The van der Waals surface area contributed by atoms with Gasteiger partial charge >= 0.3 is 0 Å². The Labute approximate surface area is 138 Å². The van der Waals surface area contributed by atoms with E-state index in [2.05, 4.69) is 33.8 Å². The minimum absolute atomic E-state index is 0.0978. The Morgan fingerprint density at radius 1 is 0.913 bits per heavy atom. The molecule has 0 bridgehead atoms. The van der Waals surface area contributed by atoms with Gasteiger partial charge in [0.15, 0.2) is 0 Å². The summed E-state index contributed by atoms with van der Waals surface area (Å²) in [5, 5.41) is 9.74. The van der Waals surface area contributed by atoms with Gasteiger partial charge < -0.3 is 4.74 Å². The van der Waals surface area contributed by atoms with Crippen molar-refractivity contribution in [3.63, 3.8) is 0 Å². The van der Waals surface area contributed by atoms with E-state index in [1.165, 1.54) is 0 Å². The Hall–Kier alpha value is -2.27. The Morgan fingerprint density at radius 2 is 1.52 bits per heavy atom. The number of ether oxygens (including phenoxy) is 1. The van der Waals surface area contributed by atoms with E-state index in [0.29, 0.717) is 5.92 Å². The Bertz CT molecular complexity index is 726. The molecule has 0 N–H and O–H groups in total. The highest BCUT2D eigenvalue weighted by Gasteiger charge is 2.67. The van der Waals surface area contributed by atoms with Crippen LogP contribution in [0.15, 0.2) is 54.6 Å². The first-order valence-electron chi connectivity index (χ1n) is 8.10. The van der Waals surface area contributed by atoms with Gasteiger partial charge in [0.25, 0.3) is 0 Å². The molecule has 2 nitrogen and oxygen atoms in total. The van der Waals surface area contributed by atoms with Gasteiger partial charge in [0, 0.05) is 0 Å². The highest BCUT2D eigenvalue weighted by molar-refractivity contribution is 5.39. The van der Waals surface area contributed by atoms with Crippen molar-refractivity contribution in [3.8, 4) is 17.6 Å². The molecule has 2 aromatic rings. The molecule has 118 valence electrons. The summed E-state index contributed by atoms with van der Waals surface area (Å²) in [6, 6.07) is 20.2. The molecule has 1 atom stereocenters. The normalized spacial score (nSPS) is 19.6. The van der Waals surface area contributed by atoms with Gasteiger partial charge in [-0.3, -0.25) is 0 Å². The first-order chi connectivity index (χ1) is 10.9. The van der Waals surface area contributed by atoms with Crippen molar-refractivity contribution in [2.45, 2.75) is 33.6 Å². The van der Waals surface area contributed by atoms with Crippen LogP contribution in [-0.2, 0) is 0 Å². The summed E-state index contributed by atoms with van der Waals surface area (Å²) >= 11 is 0. The van der Waals surface area contributed by atoms with Crippen LogP contribution in [0.3, 0.4) is 0 Å². The summed E-state index contributed by atoms with van der Waals surface area (Å²) in [4.78, 5) is 0. The van der Waals surface area contributed by atoms with Gasteiger partial charge in [-0.1, -0.05) is 58.0 Å². The maximum Gasteiger partial charge on any atom is 0.127 e. The molecule has 1 aliphatic rings. The smallest absolute Gasteiger partial charge is 0.127 e. The molecule has 2 heteroatoms. The second-order valence-electron chi connectivity index (χ2n) is 7.52. The summed E-state index contributed by atoms with van der Waals surface area (Å²) in [7, 11) is 0. The maximum absolute atomic E-state index is 9.74. The molecular formula is C21H23NO. The van der Waals surface area contributed by atoms with Gasteiger partial charge in [-0.15, -0.1) is 0 Å². The molecule has 2 aromatic carbocycles. The lowest BCUT2D eigenvalue weighted by molar-refractivity contribution is 0.457. The van der Waals surface area contributed by atoms with Gasteiger partial charge in [-0.2, -0.15) is 5.26 Å². The monoisotopic (exact) mass is 305 g/mol. The third-order valence-electron chi connectivity index (χ3n) is 5.80. The Balaban J connectivity index is 1.86. The third kappa shape index (κ3) is 2.61. The quantitative estimate of drug-likeness (QED) is 0.718. The van der Waals surface area contributed by atoms with E-state index in [4.69, 9.17) is 4.74 Å². The predicted octanol–water partition coefficient (Wildman–Crippen LogP) is 5.77. The zero-order valence-corrected chi connectivity index (χ0v) is 14.2. The van der Waals surface area contributed by atoms with Gasteiger partial charge in [0.1, 0.15) is 11.5 Å². The fourth-order valence-corrected chi connectivity index (χ4v) is 3.82. The first kappa shape index (κ1) is 15.6. The highest BCUT2D eigenvalue weighted by Crippen LogP contribution is 2.72. The summed E-state index contributed by atoms with van der Waals surface area (Å²) in [5.41, 5.74) is 1.41. The minimum Gasteiger partial charge on any atom is -0.457 e. The fraction of sp³-hybridized carbons (Fsp3) is 0.381. The third-order valence-corrected chi connectivity index (χ3v) is 5.80. The summed E-state index contributed by atoms with van der Waals surface area (Å²) in [5.74, 6) is 1.86. The maximum atomic E-state index is 9.74. The summed E-state index contributed by atoms with van der Waals surface area (Å²) in [6.45, 7) is 9.03. The largest absolute Gasteiger partial charge is 0.457 e. The molecule has 1 unspecified atom stereocenters. The molecule has 0 heterocycles. The van der Waals surface area contributed by atoms with Crippen LogP contribution in [0.2, 0.25) is 0 Å². The van der Waals surface area contributed by atoms with Gasteiger partial charge in [0.05, 0.1) is 12.0 Å². The number of hydrogen-bond donors (Lipinski definition) is 0. The van der Waals surface area contributed by atoms with E-state index in [0.717, 1.165) is 17.1 Å². The van der Waals surface area contributed by atoms with E-state index >= 15 is 0 Å². The minimum atomic E-state index is -0.0978. The van der Waals surface area contributed by atoms with Crippen LogP contribution in [0.4, 0.5) is 0 Å².